The van der Waals surface area contributed by atoms with Crippen molar-refractivity contribution < 1.29 is 0 Å². The molecule has 0 amide bonds. The van der Waals surface area contributed by atoms with Gasteiger partial charge in [0.1, 0.15) is 5.54 Å². The third-order valence-corrected chi connectivity index (χ3v) is 4.34. The minimum absolute atomic E-state index is 0.134. The van der Waals surface area contributed by atoms with Crippen molar-refractivity contribution in [3.8, 4) is 6.07 Å². The Morgan fingerprint density at radius 3 is 2.47 bits per heavy atom. The second-order valence-corrected chi connectivity index (χ2v) is 5.93. The third kappa shape index (κ3) is 2.03. The summed E-state index contributed by atoms with van der Waals surface area (Å²) in [6, 6.07) is 2.58. The highest BCUT2D eigenvalue weighted by Crippen LogP contribution is 2.44. The molecule has 1 unspecified atom stereocenters. The van der Waals surface area contributed by atoms with Gasteiger partial charge in [0.25, 0.3) is 0 Å². The van der Waals surface area contributed by atoms with E-state index in [1.165, 1.54) is 32.1 Å². The lowest BCUT2D eigenvalue weighted by atomic mass is 9.64. The molecule has 1 atom stereocenters. The Bertz CT molecular complexity index is 273. The van der Waals surface area contributed by atoms with Crippen LogP contribution in [0.3, 0.4) is 0 Å². The Kier molecular flexibility index (Phi) is 2.77. The van der Waals surface area contributed by atoms with Crippen molar-refractivity contribution in [2.75, 3.05) is 6.54 Å². The second-order valence-electron chi connectivity index (χ2n) is 5.93. The minimum atomic E-state index is -0.256. The largest absolute Gasteiger partial charge is 0.299 e. The van der Waals surface area contributed by atoms with Gasteiger partial charge >= 0.3 is 0 Å². The van der Waals surface area contributed by atoms with Gasteiger partial charge in [0.15, 0.2) is 0 Å². The topological polar surface area (TPSA) is 35.8 Å². The molecule has 1 N–H and O–H groups in total. The Balaban J connectivity index is 2.06. The highest BCUT2D eigenvalue weighted by Gasteiger charge is 2.47. The van der Waals surface area contributed by atoms with Crippen LogP contribution in [0, 0.1) is 22.7 Å². The Hall–Kier alpha value is -0.550. The van der Waals surface area contributed by atoms with E-state index in [4.69, 9.17) is 0 Å². The van der Waals surface area contributed by atoms with E-state index in [2.05, 4.69) is 25.2 Å². The predicted octanol–water partition coefficient (Wildman–Crippen LogP) is 2.85. The fraction of sp³-hybridized carbons (Fsp3) is 0.923. The van der Waals surface area contributed by atoms with E-state index >= 15 is 0 Å². The van der Waals surface area contributed by atoms with Crippen molar-refractivity contribution in [1.82, 2.24) is 5.32 Å². The molecule has 0 bridgehead atoms. The molecule has 0 radical (unpaired) electrons. The Morgan fingerprint density at radius 1 is 1.27 bits per heavy atom. The zero-order valence-electron chi connectivity index (χ0n) is 9.97. The number of rotatable bonds is 3. The first-order chi connectivity index (χ1) is 7.10. The first-order valence-electron chi connectivity index (χ1n) is 6.26. The molecule has 15 heavy (non-hydrogen) atoms. The van der Waals surface area contributed by atoms with Crippen LogP contribution in [0.2, 0.25) is 0 Å². The van der Waals surface area contributed by atoms with E-state index in [-0.39, 0.29) is 11.0 Å². The summed E-state index contributed by atoms with van der Waals surface area (Å²) in [5.74, 6) is 0.855. The van der Waals surface area contributed by atoms with Crippen LogP contribution in [-0.4, -0.2) is 12.1 Å². The molecule has 0 aromatic heterocycles. The quantitative estimate of drug-likeness (QED) is 0.770. The molecule has 2 saturated carbocycles. The van der Waals surface area contributed by atoms with E-state index in [1.807, 2.05) is 0 Å². The Morgan fingerprint density at radius 2 is 1.93 bits per heavy atom. The maximum Gasteiger partial charge on any atom is 0.111 e. The average molecular weight is 206 g/mol. The summed E-state index contributed by atoms with van der Waals surface area (Å²) in [7, 11) is 0. The maximum absolute atomic E-state index is 9.50. The maximum atomic E-state index is 9.50. The van der Waals surface area contributed by atoms with Crippen molar-refractivity contribution >= 4 is 0 Å². The molecule has 84 valence electrons. The summed E-state index contributed by atoms with van der Waals surface area (Å²) >= 11 is 0. The van der Waals surface area contributed by atoms with Gasteiger partial charge in [-0.3, -0.25) is 5.32 Å². The van der Waals surface area contributed by atoms with Gasteiger partial charge in [-0.25, -0.2) is 0 Å². The highest BCUT2D eigenvalue weighted by atomic mass is 15.0. The van der Waals surface area contributed by atoms with E-state index in [0.717, 1.165) is 18.9 Å². The lowest BCUT2D eigenvalue weighted by Gasteiger charge is -2.46. The van der Waals surface area contributed by atoms with Crippen LogP contribution >= 0.6 is 0 Å². The van der Waals surface area contributed by atoms with Gasteiger partial charge in [-0.15, -0.1) is 0 Å². The number of hydrogen-bond acceptors (Lipinski definition) is 2. The first-order valence-corrected chi connectivity index (χ1v) is 6.26. The highest BCUT2D eigenvalue weighted by molar-refractivity contribution is 5.16. The van der Waals surface area contributed by atoms with Crippen molar-refractivity contribution in [2.24, 2.45) is 11.3 Å². The molecule has 2 nitrogen and oxygen atoms in total. The van der Waals surface area contributed by atoms with E-state index in [9.17, 15) is 5.26 Å². The standard InChI is InChI=1S/C13H22N2/c1-12(2)7-3-4-8-13(12,10-14)15-9-11-5-6-11/h11,15H,3-9H2,1-2H3. The normalized spacial score (nSPS) is 34.7. The smallest absolute Gasteiger partial charge is 0.111 e. The summed E-state index contributed by atoms with van der Waals surface area (Å²) in [6.07, 6.45) is 7.40. The Labute approximate surface area is 93.0 Å². The average Bonchev–Trinajstić information content (AvgIpc) is 3.00. The molecular formula is C13H22N2. The van der Waals surface area contributed by atoms with Crippen molar-refractivity contribution in [3.05, 3.63) is 0 Å². The van der Waals surface area contributed by atoms with Crippen LogP contribution in [0.4, 0.5) is 0 Å². The molecule has 2 aliphatic carbocycles. The number of hydrogen-bond donors (Lipinski definition) is 1. The van der Waals surface area contributed by atoms with Crippen molar-refractivity contribution in [1.29, 1.82) is 5.26 Å². The SMILES string of the molecule is CC1(C)CCCCC1(C#N)NCC1CC1. The predicted molar refractivity (Wildman–Crippen MR) is 61.3 cm³/mol. The minimum Gasteiger partial charge on any atom is -0.299 e. The van der Waals surface area contributed by atoms with Crippen LogP contribution in [0.5, 0.6) is 0 Å². The third-order valence-electron chi connectivity index (χ3n) is 4.34. The lowest BCUT2D eigenvalue weighted by molar-refractivity contribution is 0.109. The number of nitrogens with one attached hydrogen (secondary N) is 1. The van der Waals surface area contributed by atoms with Crippen LogP contribution in [0.1, 0.15) is 52.4 Å². The van der Waals surface area contributed by atoms with Crippen LogP contribution in [0.15, 0.2) is 0 Å². The van der Waals surface area contributed by atoms with Gasteiger partial charge in [0.05, 0.1) is 6.07 Å². The monoisotopic (exact) mass is 206 g/mol. The van der Waals surface area contributed by atoms with Crippen LogP contribution < -0.4 is 5.32 Å². The molecule has 0 spiro atoms. The van der Waals surface area contributed by atoms with Crippen LogP contribution in [-0.2, 0) is 0 Å². The van der Waals surface area contributed by atoms with Gasteiger partial charge in [-0.2, -0.15) is 5.26 Å². The van der Waals surface area contributed by atoms with Gasteiger partial charge in [0, 0.05) is 0 Å². The molecule has 2 fully saturated rings. The first kappa shape index (κ1) is 11.0. The van der Waals surface area contributed by atoms with E-state index < -0.39 is 0 Å². The molecule has 0 aromatic rings. The molecule has 0 aliphatic heterocycles. The lowest BCUT2D eigenvalue weighted by Crippen LogP contribution is -2.57. The van der Waals surface area contributed by atoms with Gasteiger partial charge in [-0.1, -0.05) is 26.7 Å². The number of nitrogens with zero attached hydrogens (tertiary/aromatic N) is 1. The van der Waals surface area contributed by atoms with E-state index in [1.54, 1.807) is 0 Å². The molecule has 2 rings (SSSR count). The molecule has 0 aromatic carbocycles. The summed E-state index contributed by atoms with van der Waals surface area (Å²) in [6.45, 7) is 5.54. The summed E-state index contributed by atoms with van der Waals surface area (Å²) in [5, 5.41) is 13.1. The fourth-order valence-electron chi connectivity index (χ4n) is 2.72. The fourth-order valence-corrected chi connectivity index (χ4v) is 2.72. The number of nitriles is 1. The molecule has 2 aliphatic rings. The zero-order valence-corrected chi connectivity index (χ0v) is 9.97. The van der Waals surface area contributed by atoms with Gasteiger partial charge < -0.3 is 0 Å². The molecule has 0 heterocycles. The molecule has 0 saturated heterocycles. The molecule has 2 heteroatoms. The zero-order chi connectivity index (χ0) is 10.9. The second kappa shape index (κ2) is 3.79. The van der Waals surface area contributed by atoms with Crippen molar-refractivity contribution in [3.63, 3.8) is 0 Å². The molecular weight excluding hydrogens is 184 g/mol. The summed E-state index contributed by atoms with van der Waals surface area (Å²) in [5.41, 5.74) is -0.122. The van der Waals surface area contributed by atoms with Crippen molar-refractivity contribution in [2.45, 2.75) is 57.9 Å². The van der Waals surface area contributed by atoms with Gasteiger partial charge in [0.2, 0.25) is 0 Å². The van der Waals surface area contributed by atoms with Gasteiger partial charge in [-0.05, 0) is 43.6 Å². The summed E-state index contributed by atoms with van der Waals surface area (Å²) in [4.78, 5) is 0. The summed E-state index contributed by atoms with van der Waals surface area (Å²) < 4.78 is 0. The van der Waals surface area contributed by atoms with Crippen LogP contribution in [0.25, 0.3) is 0 Å². The van der Waals surface area contributed by atoms with E-state index in [0.29, 0.717) is 0 Å².